The van der Waals surface area contributed by atoms with Gasteiger partial charge in [0.1, 0.15) is 0 Å². The molecule has 8 N–H and O–H groups in total. The van der Waals surface area contributed by atoms with Crippen LogP contribution in [0.2, 0.25) is 0 Å². The van der Waals surface area contributed by atoms with Crippen LogP contribution in [-0.4, -0.2) is 38.2 Å². The van der Waals surface area contributed by atoms with Crippen LogP contribution >= 0.6 is 0 Å². The van der Waals surface area contributed by atoms with Crippen molar-refractivity contribution in [3.8, 4) is 0 Å². The maximum Gasteiger partial charge on any atom is 0.268 e. The number of nitrogens with zero attached hydrogens (tertiary/aromatic N) is 5. The minimum absolute atomic E-state index is 0.0326. The van der Waals surface area contributed by atoms with Crippen molar-refractivity contribution >= 4 is 95.7 Å². The Balaban J connectivity index is 0.000000143. The van der Waals surface area contributed by atoms with Gasteiger partial charge in [-0.2, -0.15) is 0 Å². The summed E-state index contributed by atoms with van der Waals surface area (Å²) in [4.78, 5) is 54.2. The monoisotopic (exact) mass is 744 g/mol. The van der Waals surface area contributed by atoms with E-state index in [1.807, 2.05) is 24.4 Å². The molecular weight excluding hydrogens is 713 g/mol. The first kappa shape index (κ1) is 38.6. The fraction of sp³-hybridized carbons (Fsp3) is 0.100. The van der Waals surface area contributed by atoms with Gasteiger partial charge in [0.2, 0.25) is 11.8 Å². The van der Waals surface area contributed by atoms with E-state index < -0.39 is 4.92 Å². The summed E-state index contributed by atoms with van der Waals surface area (Å²) in [5.74, 6) is -0.245. The topological polar surface area (TPSA) is 204 Å². The van der Waals surface area contributed by atoms with Gasteiger partial charge < -0.3 is 36.6 Å². The molecule has 4 aromatic carbocycles. The number of nitrogens with one attached hydrogen (secondary N) is 6. The van der Waals surface area contributed by atoms with E-state index in [1.54, 1.807) is 54.9 Å². The fourth-order valence-electron chi connectivity index (χ4n) is 5.87. The number of nitrogens with two attached hydrogens (primary N) is 1. The number of nitro benzene ring substituents is 1. The van der Waals surface area contributed by atoms with E-state index in [9.17, 15) is 19.7 Å². The molecule has 56 heavy (non-hydrogen) atoms. The molecule has 0 saturated heterocycles. The number of aromatic nitrogens is 3. The summed E-state index contributed by atoms with van der Waals surface area (Å²) in [5.41, 5.74) is 14.1. The molecule has 0 bridgehead atoms. The van der Waals surface area contributed by atoms with Crippen molar-refractivity contribution < 1.29 is 14.5 Å². The second-order valence-electron chi connectivity index (χ2n) is 12.1. The predicted octanol–water partition coefficient (Wildman–Crippen LogP) is 9.77. The van der Waals surface area contributed by atoms with Crippen LogP contribution in [-0.2, 0) is 16.0 Å². The molecule has 0 unspecified atom stereocenters. The molecule has 276 valence electrons. The van der Waals surface area contributed by atoms with Crippen molar-refractivity contribution in [2.24, 2.45) is 0 Å². The number of carbonyl (C=O) groups is 2. The summed E-state index contributed by atoms with van der Waals surface area (Å²) < 4.78 is 0. The molecule has 0 spiro atoms. The first-order valence-corrected chi connectivity index (χ1v) is 16.6. The number of benzene rings is 4. The van der Waals surface area contributed by atoms with Gasteiger partial charge in [0.25, 0.3) is 5.69 Å². The molecule has 0 aliphatic carbocycles. The van der Waals surface area contributed by atoms with Gasteiger partial charge in [-0.05, 0) is 72.6 Å². The van der Waals surface area contributed by atoms with Crippen LogP contribution in [0.5, 0.6) is 0 Å². The molecule has 4 heterocycles. The lowest BCUT2D eigenvalue weighted by molar-refractivity contribution is -0.383. The van der Waals surface area contributed by atoms with Crippen LogP contribution in [0.25, 0.3) is 52.1 Å². The third-order valence-corrected chi connectivity index (χ3v) is 8.23. The Bertz CT molecular complexity index is 2800. The minimum Gasteiger partial charge on any atom is -0.399 e. The number of carbonyl (C=O) groups excluding carboxylic acids is 2. The van der Waals surface area contributed by atoms with Crippen molar-refractivity contribution in [3.05, 3.63) is 147 Å². The third-order valence-electron chi connectivity index (χ3n) is 8.23. The van der Waals surface area contributed by atoms with Crippen LogP contribution in [0.3, 0.4) is 0 Å². The summed E-state index contributed by atoms with van der Waals surface area (Å²) in [6.07, 6.45) is 6.10. The molecule has 7 aromatic rings. The number of hydrogen-bond acceptors (Lipinski definition) is 6. The number of fused-ring (bicyclic) bond motifs is 4. The summed E-state index contributed by atoms with van der Waals surface area (Å²) >= 11 is 0. The Labute approximate surface area is 319 Å². The highest BCUT2D eigenvalue weighted by atomic mass is 16.6. The fourth-order valence-corrected chi connectivity index (χ4v) is 5.87. The predicted molar refractivity (Wildman–Crippen MR) is 218 cm³/mol. The van der Waals surface area contributed by atoms with Crippen LogP contribution in [0, 0.1) is 36.4 Å². The van der Waals surface area contributed by atoms with Gasteiger partial charge in [0.15, 0.2) is 22.7 Å². The Morgan fingerprint density at radius 3 is 1.71 bits per heavy atom. The molecule has 3 aromatic heterocycles. The second kappa shape index (κ2) is 17.3. The van der Waals surface area contributed by atoms with Crippen molar-refractivity contribution in [1.29, 1.82) is 0 Å². The second-order valence-corrected chi connectivity index (χ2v) is 12.1. The van der Waals surface area contributed by atoms with E-state index >= 15 is 0 Å². The minimum atomic E-state index is -0.481. The molecule has 0 fully saturated rings. The number of amides is 2. The zero-order valence-electron chi connectivity index (χ0n) is 29.9. The number of rotatable bonds is 3. The van der Waals surface area contributed by atoms with Gasteiger partial charge in [0.05, 0.1) is 36.6 Å². The van der Waals surface area contributed by atoms with Gasteiger partial charge >= 0.3 is 0 Å². The van der Waals surface area contributed by atoms with Gasteiger partial charge in [-0.3, -0.25) is 19.7 Å². The molecular formula is C40H32N12O4. The highest BCUT2D eigenvalue weighted by molar-refractivity contribution is 6.02. The van der Waals surface area contributed by atoms with Crippen molar-refractivity contribution in [2.45, 2.75) is 20.3 Å². The zero-order chi connectivity index (χ0) is 40.4. The highest BCUT2D eigenvalue weighted by Gasteiger charge is 2.16. The number of nitrogen functional groups attached to an aromatic ring is 1. The first-order valence-electron chi connectivity index (χ1n) is 16.6. The lowest BCUT2D eigenvalue weighted by Gasteiger charge is -2.09. The average molecular weight is 745 g/mol. The number of aromatic amines is 3. The Hall–Kier alpha value is -8.60. The number of nitro groups is 1. The Morgan fingerprint density at radius 2 is 1.14 bits per heavy atom. The van der Waals surface area contributed by atoms with Crippen LogP contribution in [0.15, 0.2) is 85.3 Å². The highest BCUT2D eigenvalue weighted by Crippen LogP contribution is 2.35. The summed E-state index contributed by atoms with van der Waals surface area (Å²) in [5, 5.41) is 21.7. The maximum atomic E-state index is 11.0. The van der Waals surface area contributed by atoms with Gasteiger partial charge in [-0.1, -0.05) is 0 Å². The number of non-ortho nitro benzene ring substituents is 1. The van der Waals surface area contributed by atoms with Crippen molar-refractivity contribution in [3.63, 3.8) is 0 Å². The van der Waals surface area contributed by atoms with Crippen LogP contribution in [0.1, 0.15) is 19.4 Å². The number of hydrogen-bond donors (Lipinski definition) is 7. The Kier molecular flexibility index (Phi) is 11.9. The molecule has 16 heteroatoms. The molecule has 0 saturated carbocycles. The molecule has 0 atom stereocenters. The molecule has 1 aliphatic rings. The first-order chi connectivity index (χ1) is 26.9. The van der Waals surface area contributed by atoms with E-state index in [2.05, 4.69) is 50.3 Å². The maximum absolute atomic E-state index is 11.0. The molecule has 1 aliphatic heterocycles. The van der Waals surface area contributed by atoms with E-state index in [-0.39, 0.29) is 23.2 Å². The number of anilines is 4. The van der Waals surface area contributed by atoms with E-state index in [4.69, 9.17) is 32.0 Å². The van der Waals surface area contributed by atoms with E-state index in [0.29, 0.717) is 39.3 Å². The van der Waals surface area contributed by atoms with Crippen LogP contribution < -0.4 is 21.7 Å². The average Bonchev–Trinajstić information content (AvgIpc) is 4.01. The quantitative estimate of drug-likeness (QED) is 0.0406. The summed E-state index contributed by atoms with van der Waals surface area (Å²) in [6.45, 7) is 31.3. The van der Waals surface area contributed by atoms with E-state index in [1.165, 1.54) is 19.9 Å². The number of H-pyrrole nitrogens is 3. The van der Waals surface area contributed by atoms with Gasteiger partial charge in [0, 0.05) is 95.1 Å². The SMILES string of the molecule is [C-]#[N+]c1cc(N)c2cc[nH]c2c1.[C-]#[N+]c1cc(NC(C)=O)c2cc[nH]c2c1.[C-]#[N+]c1cc([N+](=O)[O-])c2cc[nH]c2c1.[C-]#[N+]c1cc2c(c(NC(C)=O)c1)CCN2. The Morgan fingerprint density at radius 1 is 0.679 bits per heavy atom. The van der Waals surface area contributed by atoms with E-state index in [0.717, 1.165) is 51.7 Å². The lowest BCUT2D eigenvalue weighted by atomic mass is 10.1. The zero-order valence-corrected chi connectivity index (χ0v) is 29.9. The molecule has 0 radical (unpaired) electrons. The molecule has 16 nitrogen and oxygen atoms in total. The van der Waals surface area contributed by atoms with Crippen molar-refractivity contribution in [1.82, 2.24) is 15.0 Å². The van der Waals surface area contributed by atoms with Gasteiger partial charge in [-0.15, -0.1) is 0 Å². The summed E-state index contributed by atoms with van der Waals surface area (Å²) in [7, 11) is 0. The van der Waals surface area contributed by atoms with Crippen molar-refractivity contribution in [2.75, 3.05) is 28.2 Å². The normalized spacial score (nSPS) is 10.6. The largest absolute Gasteiger partial charge is 0.399 e. The van der Waals surface area contributed by atoms with Crippen LogP contribution in [0.4, 0.5) is 51.2 Å². The lowest BCUT2D eigenvalue weighted by Crippen LogP contribution is -2.07. The summed E-state index contributed by atoms with van der Waals surface area (Å²) in [6, 6.07) is 18.7. The smallest absolute Gasteiger partial charge is 0.268 e. The molecule has 8 rings (SSSR count). The molecule has 2 amide bonds. The van der Waals surface area contributed by atoms with Gasteiger partial charge in [-0.25, -0.2) is 19.4 Å². The standard InChI is InChI=1S/C11H11N3O.C11H9N3O.C9H5N3O2.C9H7N3/c2*1-7(15)14-11-6-8(12-2)5-10-9(11)3-4-13-10;1-10-6-4-8-7(2-3-11-8)9(5-6)12(13)14;1-11-6-4-8(10)7-2-3-12-9(7)5-6/h5-6,13H,3-4H2,1H3,(H,14,15);3-6,13H,1H3,(H,14,15);2-5,11H;2-5,12H,10H2. The third kappa shape index (κ3) is 9.06.